The Hall–Kier alpha value is -3.15. The summed E-state index contributed by atoms with van der Waals surface area (Å²) in [4.78, 5) is 14.0. The zero-order valence-corrected chi connectivity index (χ0v) is 25.8. The zero-order valence-electron chi connectivity index (χ0n) is 24.0. The summed E-state index contributed by atoms with van der Waals surface area (Å²) in [7, 11) is -1.16. The van der Waals surface area contributed by atoms with E-state index >= 15 is 0 Å². The van der Waals surface area contributed by atoms with E-state index in [1.807, 2.05) is 32.0 Å². The number of nitrogens with one attached hydrogen (secondary N) is 2. The van der Waals surface area contributed by atoms with Gasteiger partial charge < -0.3 is 20.1 Å². The Balaban J connectivity index is 1.40. The molecule has 0 amide bonds. The SMILES string of the molecule is CC(C)Oc1cncc(Nc2cnc3cc(-c4nnc(C5CCCC5)s4)c(NCOCC[Si](C)(C)C)nc3c2)c1. The van der Waals surface area contributed by atoms with Gasteiger partial charge in [0.1, 0.15) is 23.3 Å². The lowest BCUT2D eigenvalue weighted by Crippen LogP contribution is -2.22. The van der Waals surface area contributed by atoms with Crippen molar-refractivity contribution < 1.29 is 9.47 Å². The Morgan fingerprint density at radius 3 is 2.58 bits per heavy atom. The van der Waals surface area contributed by atoms with Crippen molar-refractivity contribution in [2.75, 3.05) is 24.0 Å². The highest BCUT2D eigenvalue weighted by Crippen LogP contribution is 2.39. The van der Waals surface area contributed by atoms with Gasteiger partial charge in [-0.2, -0.15) is 0 Å². The van der Waals surface area contributed by atoms with Crippen LogP contribution in [-0.4, -0.2) is 52.7 Å². The van der Waals surface area contributed by atoms with Crippen LogP contribution in [0.5, 0.6) is 5.75 Å². The summed E-state index contributed by atoms with van der Waals surface area (Å²) in [5, 5.41) is 17.9. The smallest absolute Gasteiger partial charge is 0.151 e. The van der Waals surface area contributed by atoms with Crippen molar-refractivity contribution in [3.63, 3.8) is 0 Å². The molecule has 0 spiro atoms. The number of hydrogen-bond donors (Lipinski definition) is 2. The number of fused-ring (bicyclic) bond motifs is 1. The third-order valence-electron chi connectivity index (χ3n) is 6.75. The van der Waals surface area contributed by atoms with E-state index in [9.17, 15) is 0 Å². The summed E-state index contributed by atoms with van der Waals surface area (Å²) in [5.41, 5.74) is 4.09. The van der Waals surface area contributed by atoms with E-state index in [4.69, 9.17) is 19.4 Å². The lowest BCUT2D eigenvalue weighted by atomic mass is 10.1. The summed E-state index contributed by atoms with van der Waals surface area (Å²) < 4.78 is 11.7. The van der Waals surface area contributed by atoms with Crippen molar-refractivity contribution in [2.45, 2.75) is 77.2 Å². The third-order valence-corrected chi connectivity index (χ3v) is 9.58. The van der Waals surface area contributed by atoms with E-state index in [1.165, 1.54) is 25.7 Å². The molecule has 212 valence electrons. The van der Waals surface area contributed by atoms with Crippen LogP contribution in [0, 0.1) is 0 Å². The van der Waals surface area contributed by atoms with Gasteiger partial charge in [-0.15, -0.1) is 10.2 Å². The molecule has 0 atom stereocenters. The summed E-state index contributed by atoms with van der Waals surface area (Å²) in [6.45, 7) is 12.2. The van der Waals surface area contributed by atoms with E-state index in [0.717, 1.165) is 56.5 Å². The van der Waals surface area contributed by atoms with Crippen molar-refractivity contribution >= 4 is 47.6 Å². The standard InChI is InChI=1S/C29H39N7O2SSi/c1-19(2)38-23-12-21(15-30-17-23)33-22-13-26-25(31-16-22)14-24(27(34-26)32-18-37-10-11-40(3,4)5)29-36-35-28(39-29)20-8-6-7-9-20/h12-17,19-20,33H,6-11,18H2,1-5H3,(H,32,34). The molecule has 0 radical (unpaired) electrons. The molecule has 11 heteroatoms. The van der Waals surface area contributed by atoms with Gasteiger partial charge >= 0.3 is 0 Å². The molecular formula is C29H39N7O2SSi. The molecule has 9 nitrogen and oxygen atoms in total. The van der Waals surface area contributed by atoms with Crippen LogP contribution < -0.4 is 15.4 Å². The molecule has 0 aliphatic heterocycles. The highest BCUT2D eigenvalue weighted by molar-refractivity contribution is 7.14. The largest absolute Gasteiger partial charge is 0.489 e. The number of nitrogens with zero attached hydrogens (tertiary/aromatic N) is 5. The van der Waals surface area contributed by atoms with Crippen molar-refractivity contribution in [1.82, 2.24) is 25.1 Å². The van der Waals surface area contributed by atoms with Gasteiger partial charge in [-0.3, -0.25) is 9.97 Å². The number of pyridine rings is 3. The predicted octanol–water partition coefficient (Wildman–Crippen LogP) is 7.46. The summed E-state index contributed by atoms with van der Waals surface area (Å²) >= 11 is 1.67. The Bertz CT molecular complexity index is 1430. The van der Waals surface area contributed by atoms with Gasteiger partial charge in [0.25, 0.3) is 0 Å². The normalized spacial score (nSPS) is 14.2. The Morgan fingerprint density at radius 1 is 1.00 bits per heavy atom. The first-order chi connectivity index (χ1) is 19.2. The molecule has 1 fully saturated rings. The maximum absolute atomic E-state index is 5.95. The van der Waals surface area contributed by atoms with Gasteiger partial charge in [-0.1, -0.05) is 43.8 Å². The van der Waals surface area contributed by atoms with E-state index < -0.39 is 8.07 Å². The Labute approximate surface area is 241 Å². The topological polar surface area (TPSA) is 107 Å². The maximum atomic E-state index is 5.95. The minimum atomic E-state index is -1.16. The molecule has 4 heterocycles. The van der Waals surface area contributed by atoms with Crippen LogP contribution in [0.3, 0.4) is 0 Å². The first kappa shape index (κ1) is 28.4. The highest BCUT2D eigenvalue weighted by atomic mass is 32.1. The monoisotopic (exact) mass is 577 g/mol. The number of rotatable bonds is 12. The van der Waals surface area contributed by atoms with Gasteiger partial charge in [0.05, 0.1) is 52.7 Å². The first-order valence-corrected chi connectivity index (χ1v) is 18.6. The van der Waals surface area contributed by atoms with Crippen LogP contribution in [0.4, 0.5) is 17.2 Å². The highest BCUT2D eigenvalue weighted by Gasteiger charge is 2.23. The molecule has 1 aliphatic rings. The van der Waals surface area contributed by atoms with Crippen LogP contribution in [0.2, 0.25) is 25.7 Å². The molecule has 0 aromatic carbocycles. The Kier molecular flexibility index (Phi) is 8.92. The van der Waals surface area contributed by atoms with Gasteiger partial charge in [0, 0.05) is 26.7 Å². The zero-order chi connectivity index (χ0) is 28.1. The number of aromatic nitrogens is 5. The van der Waals surface area contributed by atoms with Gasteiger partial charge in [0.2, 0.25) is 0 Å². The number of hydrogen-bond acceptors (Lipinski definition) is 10. The first-order valence-electron chi connectivity index (χ1n) is 14.1. The second kappa shape index (κ2) is 12.6. The van der Waals surface area contributed by atoms with Crippen LogP contribution in [0.25, 0.3) is 21.6 Å². The minimum Gasteiger partial charge on any atom is -0.489 e. The molecule has 5 rings (SSSR count). The fraction of sp³-hybridized carbons (Fsp3) is 0.483. The Morgan fingerprint density at radius 2 is 1.80 bits per heavy atom. The molecule has 1 aliphatic carbocycles. The van der Waals surface area contributed by atoms with Crippen LogP contribution in [-0.2, 0) is 4.74 Å². The van der Waals surface area contributed by atoms with E-state index in [2.05, 4.69) is 45.5 Å². The quantitative estimate of drug-likeness (QED) is 0.101. The van der Waals surface area contributed by atoms with Gasteiger partial charge in [0.15, 0.2) is 5.01 Å². The van der Waals surface area contributed by atoms with Crippen molar-refractivity contribution in [2.24, 2.45) is 0 Å². The van der Waals surface area contributed by atoms with Crippen molar-refractivity contribution in [1.29, 1.82) is 0 Å². The molecule has 1 saturated carbocycles. The van der Waals surface area contributed by atoms with Gasteiger partial charge in [-0.25, -0.2) is 4.98 Å². The molecule has 0 bridgehead atoms. The number of ether oxygens (including phenoxy) is 2. The molecule has 4 aromatic heterocycles. The molecule has 0 saturated heterocycles. The molecule has 2 N–H and O–H groups in total. The molecule has 4 aromatic rings. The minimum absolute atomic E-state index is 0.0745. The van der Waals surface area contributed by atoms with Crippen molar-refractivity contribution in [3.05, 3.63) is 41.8 Å². The summed E-state index contributed by atoms with van der Waals surface area (Å²) in [6.07, 6.45) is 10.3. The summed E-state index contributed by atoms with van der Waals surface area (Å²) in [5.74, 6) is 1.96. The van der Waals surface area contributed by atoms with E-state index in [-0.39, 0.29) is 6.10 Å². The average molecular weight is 578 g/mol. The lowest BCUT2D eigenvalue weighted by molar-refractivity contribution is 0.165. The fourth-order valence-corrected chi connectivity index (χ4v) is 6.44. The fourth-order valence-electron chi connectivity index (χ4n) is 4.66. The third kappa shape index (κ3) is 7.52. The van der Waals surface area contributed by atoms with E-state index in [1.54, 1.807) is 29.9 Å². The molecule has 0 unspecified atom stereocenters. The second-order valence-electron chi connectivity index (χ2n) is 11.8. The summed E-state index contributed by atoms with van der Waals surface area (Å²) in [6, 6.07) is 7.08. The van der Waals surface area contributed by atoms with Crippen LogP contribution in [0.1, 0.15) is 50.5 Å². The molecule has 40 heavy (non-hydrogen) atoms. The van der Waals surface area contributed by atoms with Crippen molar-refractivity contribution in [3.8, 4) is 16.3 Å². The second-order valence-corrected chi connectivity index (χ2v) is 18.4. The van der Waals surface area contributed by atoms with Gasteiger partial charge in [-0.05, 0) is 44.9 Å². The number of anilines is 3. The lowest BCUT2D eigenvalue weighted by Gasteiger charge is -2.16. The van der Waals surface area contributed by atoms with E-state index in [0.29, 0.717) is 18.4 Å². The predicted molar refractivity (Wildman–Crippen MR) is 166 cm³/mol. The van der Waals surface area contributed by atoms with Crippen LogP contribution in [0.15, 0.2) is 36.8 Å². The maximum Gasteiger partial charge on any atom is 0.151 e. The average Bonchev–Trinajstić information content (AvgIpc) is 3.60. The molecular weight excluding hydrogens is 539 g/mol. The van der Waals surface area contributed by atoms with Crippen LogP contribution >= 0.6 is 11.3 Å².